The van der Waals surface area contributed by atoms with Crippen LogP contribution in [0, 0.1) is 23.7 Å². The Bertz CT molecular complexity index is 1080. The lowest BCUT2D eigenvalue weighted by Gasteiger charge is -2.28. The first-order chi connectivity index (χ1) is 15.4. The zero-order valence-electron chi connectivity index (χ0n) is 19.2. The Balaban J connectivity index is 1.24. The fourth-order valence-corrected chi connectivity index (χ4v) is 5.83. The summed E-state index contributed by atoms with van der Waals surface area (Å²) in [6.07, 6.45) is 8.31. The number of carbonyl (C=O) groups is 2. The number of fused-ring (bicyclic) bond motifs is 2. The highest BCUT2D eigenvalue weighted by atomic mass is 16.5. The van der Waals surface area contributed by atoms with Gasteiger partial charge in [-0.15, -0.1) is 0 Å². The van der Waals surface area contributed by atoms with Gasteiger partial charge in [-0.2, -0.15) is 0 Å². The van der Waals surface area contributed by atoms with Gasteiger partial charge in [0.15, 0.2) is 0 Å². The molecular formula is C28H32O4. The number of esters is 2. The largest absolute Gasteiger partial charge is 0.462 e. The zero-order valence-corrected chi connectivity index (χ0v) is 19.2. The van der Waals surface area contributed by atoms with E-state index < -0.39 is 0 Å². The van der Waals surface area contributed by atoms with Gasteiger partial charge in [-0.1, -0.05) is 44.2 Å². The molecule has 2 aromatic rings. The van der Waals surface area contributed by atoms with Crippen molar-refractivity contribution in [3.63, 3.8) is 0 Å². The highest BCUT2D eigenvalue weighted by molar-refractivity contribution is 5.95. The van der Waals surface area contributed by atoms with Gasteiger partial charge in [-0.05, 0) is 90.5 Å². The van der Waals surface area contributed by atoms with Crippen LogP contribution >= 0.6 is 0 Å². The molecular weight excluding hydrogens is 400 g/mol. The van der Waals surface area contributed by atoms with E-state index in [1.165, 1.54) is 21.9 Å². The Kier molecular flexibility index (Phi) is 5.56. The van der Waals surface area contributed by atoms with Crippen molar-refractivity contribution in [2.75, 3.05) is 0 Å². The van der Waals surface area contributed by atoms with Crippen molar-refractivity contribution in [1.29, 1.82) is 0 Å². The van der Waals surface area contributed by atoms with Gasteiger partial charge in [-0.25, -0.2) is 0 Å². The molecule has 168 valence electrons. The molecule has 4 heteroatoms. The molecule has 2 saturated carbocycles. The second-order valence-corrected chi connectivity index (χ2v) is 9.93. The number of benzene rings is 2. The van der Waals surface area contributed by atoms with Crippen LogP contribution in [0.4, 0.5) is 0 Å². The second-order valence-electron chi connectivity index (χ2n) is 9.93. The molecule has 2 aromatic carbocycles. The van der Waals surface area contributed by atoms with E-state index in [1.807, 2.05) is 20.8 Å². The highest BCUT2D eigenvalue weighted by Crippen LogP contribution is 2.50. The van der Waals surface area contributed by atoms with Crippen LogP contribution in [0.25, 0.3) is 16.8 Å². The number of allylic oxidation sites excluding steroid dienone is 1. The summed E-state index contributed by atoms with van der Waals surface area (Å²) in [4.78, 5) is 25.2. The molecule has 0 aromatic heterocycles. The normalized spacial score (nSPS) is 27.3. The van der Waals surface area contributed by atoms with E-state index in [9.17, 15) is 9.59 Å². The van der Waals surface area contributed by atoms with Crippen LogP contribution in [-0.2, 0) is 25.5 Å². The van der Waals surface area contributed by atoms with Crippen molar-refractivity contribution in [1.82, 2.24) is 0 Å². The smallest absolute Gasteiger partial charge is 0.309 e. The summed E-state index contributed by atoms with van der Waals surface area (Å²) in [6.45, 7) is 5.88. The summed E-state index contributed by atoms with van der Waals surface area (Å²) < 4.78 is 11.7. The minimum absolute atomic E-state index is 0.0301. The summed E-state index contributed by atoms with van der Waals surface area (Å²) in [6, 6.07) is 10.7. The Hall–Kier alpha value is -2.62. The van der Waals surface area contributed by atoms with Gasteiger partial charge < -0.3 is 9.47 Å². The molecule has 4 nitrogen and oxygen atoms in total. The third-order valence-electron chi connectivity index (χ3n) is 7.89. The third-order valence-corrected chi connectivity index (χ3v) is 7.89. The Morgan fingerprint density at radius 1 is 1.09 bits per heavy atom. The van der Waals surface area contributed by atoms with Gasteiger partial charge in [-0.3, -0.25) is 9.59 Å². The van der Waals surface area contributed by atoms with Gasteiger partial charge in [0.05, 0.1) is 11.8 Å². The van der Waals surface area contributed by atoms with Crippen LogP contribution in [-0.4, -0.2) is 18.0 Å². The Morgan fingerprint density at radius 2 is 1.94 bits per heavy atom. The minimum atomic E-state index is -0.291. The number of rotatable bonds is 6. The predicted molar refractivity (Wildman–Crippen MR) is 125 cm³/mol. The molecule has 0 saturated heterocycles. The van der Waals surface area contributed by atoms with Crippen molar-refractivity contribution in [2.24, 2.45) is 23.7 Å². The molecule has 3 aliphatic rings. The van der Waals surface area contributed by atoms with Crippen LogP contribution in [0.15, 0.2) is 36.4 Å². The molecule has 6 atom stereocenters. The molecule has 0 radical (unpaired) electrons. The molecule has 5 rings (SSSR count). The molecule has 0 aliphatic heterocycles. The van der Waals surface area contributed by atoms with Gasteiger partial charge >= 0.3 is 11.9 Å². The summed E-state index contributed by atoms with van der Waals surface area (Å²) >= 11 is 0. The lowest BCUT2D eigenvalue weighted by molar-refractivity contribution is -0.160. The molecule has 2 bridgehead atoms. The molecule has 0 N–H and O–H groups in total. The monoisotopic (exact) mass is 432 g/mol. The Morgan fingerprint density at radius 3 is 2.69 bits per heavy atom. The van der Waals surface area contributed by atoms with E-state index >= 15 is 0 Å². The maximum absolute atomic E-state index is 13.0. The molecule has 6 unspecified atom stereocenters. The quantitative estimate of drug-likeness (QED) is 0.524. The van der Waals surface area contributed by atoms with E-state index in [4.69, 9.17) is 9.47 Å². The Labute approximate surface area is 190 Å². The van der Waals surface area contributed by atoms with E-state index in [1.54, 1.807) is 0 Å². The van der Waals surface area contributed by atoms with Gasteiger partial charge in [0.25, 0.3) is 0 Å². The highest BCUT2D eigenvalue weighted by Gasteiger charge is 2.51. The second kappa shape index (κ2) is 8.38. The lowest BCUT2D eigenvalue weighted by atomic mass is 9.87. The van der Waals surface area contributed by atoms with Crippen molar-refractivity contribution in [3.05, 3.63) is 53.1 Å². The fourth-order valence-electron chi connectivity index (χ4n) is 5.83. The third kappa shape index (κ3) is 3.74. The van der Waals surface area contributed by atoms with Gasteiger partial charge in [0.1, 0.15) is 12.2 Å². The maximum atomic E-state index is 13.0. The molecule has 0 spiro atoms. The van der Waals surface area contributed by atoms with Crippen molar-refractivity contribution >= 4 is 28.8 Å². The lowest BCUT2D eigenvalue weighted by Crippen LogP contribution is -2.32. The summed E-state index contributed by atoms with van der Waals surface area (Å²) in [5.41, 5.74) is 3.59. The molecule has 32 heavy (non-hydrogen) atoms. The van der Waals surface area contributed by atoms with Crippen LogP contribution < -0.4 is 0 Å². The van der Waals surface area contributed by atoms with Crippen molar-refractivity contribution in [3.8, 4) is 0 Å². The van der Waals surface area contributed by atoms with Crippen LogP contribution in [0.5, 0.6) is 0 Å². The van der Waals surface area contributed by atoms with E-state index in [-0.39, 0.29) is 47.8 Å². The van der Waals surface area contributed by atoms with Crippen LogP contribution in [0.1, 0.15) is 69.2 Å². The zero-order chi connectivity index (χ0) is 22.4. The first kappa shape index (κ1) is 21.2. The first-order valence-electron chi connectivity index (χ1n) is 12.1. The summed E-state index contributed by atoms with van der Waals surface area (Å²) in [7, 11) is 0. The summed E-state index contributed by atoms with van der Waals surface area (Å²) in [5, 5.41) is 2.51. The number of ether oxygens (including phenoxy) is 2. The first-order valence-corrected chi connectivity index (χ1v) is 12.1. The van der Waals surface area contributed by atoms with E-state index in [2.05, 4.69) is 42.5 Å². The minimum Gasteiger partial charge on any atom is -0.462 e. The number of hydrogen-bond acceptors (Lipinski definition) is 4. The predicted octanol–water partition coefficient (Wildman–Crippen LogP) is 6.02. The average Bonchev–Trinajstić information content (AvgIpc) is 3.39. The SMILES string of the molecule is CCC(C)C(=O)OC1CC2CC1CC2C(=O)OC(C)c1cc2c3c(cccc3c1)CC=C2. The van der Waals surface area contributed by atoms with Crippen LogP contribution in [0.2, 0.25) is 0 Å². The topological polar surface area (TPSA) is 52.6 Å². The van der Waals surface area contributed by atoms with Crippen molar-refractivity contribution < 1.29 is 19.1 Å². The van der Waals surface area contributed by atoms with E-state index in [0.29, 0.717) is 0 Å². The number of hydrogen-bond donors (Lipinski definition) is 0. The van der Waals surface area contributed by atoms with Gasteiger partial charge in [0, 0.05) is 0 Å². The van der Waals surface area contributed by atoms with Crippen LogP contribution in [0.3, 0.4) is 0 Å². The molecule has 0 heterocycles. The fraction of sp³-hybridized carbons (Fsp3) is 0.500. The standard InChI is InChI=1S/C28H32O4/c1-4-16(2)27(29)32-25-15-22-13-23(25)14-24(22)28(30)31-17(3)21-11-19-9-5-7-18-8-6-10-20(12-21)26(18)19/h5-7,9-12,16-17,22-25H,4,8,13-15H2,1-3H3. The average molecular weight is 433 g/mol. The molecule has 2 fully saturated rings. The van der Waals surface area contributed by atoms with E-state index in [0.717, 1.165) is 37.7 Å². The number of carbonyl (C=O) groups excluding carboxylic acids is 2. The molecule has 3 aliphatic carbocycles. The maximum Gasteiger partial charge on any atom is 0.309 e. The van der Waals surface area contributed by atoms with Gasteiger partial charge in [0.2, 0.25) is 0 Å². The molecule has 0 amide bonds. The summed E-state index contributed by atoms with van der Waals surface area (Å²) in [5.74, 6) is 0.206. The van der Waals surface area contributed by atoms with Crippen molar-refractivity contribution in [2.45, 2.75) is 65.1 Å².